The maximum atomic E-state index is 7.56. The molecule has 0 spiro atoms. The average Bonchev–Trinajstić information content (AvgIpc) is 0.722. The predicted molar refractivity (Wildman–Crippen MR) is 20.9 cm³/mol. The fraction of sp³-hybridized carbons (Fsp3) is 0. The van der Waals surface area contributed by atoms with Gasteiger partial charge in [0, 0.05) is 19.5 Å². The molecule has 0 saturated heterocycles. The van der Waals surface area contributed by atoms with Crippen LogP contribution in [0.1, 0.15) is 0 Å². The molecule has 0 radical (unpaired) electrons. The van der Waals surface area contributed by atoms with Gasteiger partial charge in [0.1, 0.15) is 0 Å². The van der Waals surface area contributed by atoms with Gasteiger partial charge in [-0.05, 0) is 11.8 Å². The molecule has 0 atom stereocenters. The zero-order valence-corrected chi connectivity index (χ0v) is 7.58. The maximum absolute atomic E-state index is 7.56. The maximum Gasteiger partial charge on any atom is 0.319 e. The van der Waals surface area contributed by atoms with Gasteiger partial charge in [-0.25, -0.2) is 0 Å². The Bertz CT molecular complexity index is 56.9. The molecule has 0 aromatic heterocycles. The van der Waals surface area contributed by atoms with Gasteiger partial charge in [0.15, 0.2) is 0 Å². The van der Waals surface area contributed by atoms with Crippen LogP contribution >= 0.6 is 6.72 Å². The minimum Gasteiger partial charge on any atom is -0.325 e. The van der Waals surface area contributed by atoms with Crippen LogP contribution in [-0.2, 0) is 31.3 Å². The summed E-state index contributed by atoms with van der Waals surface area (Å²) in [5.41, 5.74) is 0. The second-order valence-corrected chi connectivity index (χ2v) is 3.01. The van der Waals surface area contributed by atoms with Crippen molar-refractivity contribution in [2.45, 2.75) is 0 Å². The molecule has 0 aliphatic heterocycles. The van der Waals surface area contributed by atoms with Crippen LogP contribution in [0.5, 0.6) is 0 Å². The van der Waals surface area contributed by atoms with Gasteiger partial charge in [0.05, 0.1) is 0 Å². The molecule has 0 saturated carbocycles. The van der Waals surface area contributed by atoms with Crippen molar-refractivity contribution in [3.8, 4) is 0 Å². The summed E-state index contributed by atoms with van der Waals surface area (Å²) in [5, 5.41) is 0. The van der Waals surface area contributed by atoms with Gasteiger partial charge in [-0.15, -0.1) is 0 Å². The predicted octanol–water partition coefficient (Wildman–Crippen LogP) is -0.815. The first-order chi connectivity index (χ1) is 2.00. The van der Waals surface area contributed by atoms with Crippen LogP contribution in [0.2, 0.25) is 0 Å². The van der Waals surface area contributed by atoms with E-state index in [0.29, 0.717) is 0 Å². The molecule has 0 unspecified atom stereocenters. The van der Waals surface area contributed by atoms with Crippen molar-refractivity contribution in [3.05, 3.63) is 0 Å². The Balaban J connectivity index is 0. The number of rotatable bonds is 0. The second-order valence-electron chi connectivity index (χ2n) is 0.513. The van der Waals surface area contributed by atoms with Crippen LogP contribution in [-0.4, -0.2) is 14.7 Å². The van der Waals surface area contributed by atoms with Crippen LogP contribution in [0.15, 0.2) is 0 Å². The molecule has 3 N–H and O–H groups in total. The summed E-state index contributed by atoms with van der Waals surface area (Å²) in [6.07, 6.45) is 0. The minimum absolute atomic E-state index is 0. The molecule has 3 nitrogen and oxygen atoms in total. The fourth-order valence-corrected chi connectivity index (χ4v) is 0. The van der Waals surface area contributed by atoms with E-state index in [1.807, 2.05) is 0 Å². The van der Waals surface area contributed by atoms with E-state index in [1.54, 1.807) is 0 Å². The van der Waals surface area contributed by atoms with E-state index >= 15 is 0 Å². The number of hydrogen-bond acceptors (Lipinski definition) is 1. The van der Waals surface area contributed by atoms with Crippen LogP contribution in [0.3, 0.4) is 0 Å². The molecule has 0 rings (SSSR count). The third-order valence-corrected chi connectivity index (χ3v) is 0. The molecule has 34 valence electrons. The molecule has 0 aromatic rings. The topological polar surface area (TPSA) is 60.7 Å². The fourth-order valence-electron chi connectivity index (χ4n) is 0. The van der Waals surface area contributed by atoms with Gasteiger partial charge in [-0.3, -0.25) is 0 Å². The normalized spacial score (nSPS) is 9.83. The standard InChI is InChI=1S/H3O3PS.Zn/c1-4(2,3)5;/h(H3,1,2,3,5);. The van der Waals surface area contributed by atoms with Crippen LogP contribution in [0, 0.1) is 0 Å². The van der Waals surface area contributed by atoms with E-state index in [4.69, 9.17) is 14.7 Å². The first kappa shape index (κ1) is 10.2. The molecule has 6 heteroatoms. The smallest absolute Gasteiger partial charge is 0.319 e. The molecule has 0 heterocycles. The number of hydrogen-bond donors (Lipinski definition) is 3. The Morgan fingerprint density at radius 1 is 1.17 bits per heavy atom. The van der Waals surface area contributed by atoms with Gasteiger partial charge in [0.25, 0.3) is 0 Å². The van der Waals surface area contributed by atoms with Crippen molar-refractivity contribution in [2.24, 2.45) is 0 Å². The summed E-state index contributed by atoms with van der Waals surface area (Å²) in [6.45, 7) is -3.81. The molecule has 6 heavy (non-hydrogen) atoms. The van der Waals surface area contributed by atoms with Crippen molar-refractivity contribution >= 4 is 18.5 Å². The van der Waals surface area contributed by atoms with Crippen molar-refractivity contribution in [1.29, 1.82) is 0 Å². The molecule has 0 bridgehead atoms. The molecule has 0 aliphatic carbocycles. The molecule has 0 aromatic carbocycles. The van der Waals surface area contributed by atoms with Crippen LogP contribution < -0.4 is 0 Å². The van der Waals surface area contributed by atoms with E-state index in [9.17, 15) is 0 Å². The summed E-state index contributed by atoms with van der Waals surface area (Å²) in [7, 11) is 0. The Kier molecular flexibility index (Phi) is 5.43. The van der Waals surface area contributed by atoms with Crippen LogP contribution in [0.4, 0.5) is 0 Å². The zero-order valence-electron chi connectivity index (χ0n) is 2.90. The van der Waals surface area contributed by atoms with Crippen molar-refractivity contribution in [3.63, 3.8) is 0 Å². The van der Waals surface area contributed by atoms with Gasteiger partial charge in [-0.1, -0.05) is 0 Å². The van der Waals surface area contributed by atoms with Crippen molar-refractivity contribution in [1.82, 2.24) is 0 Å². The SMILES string of the molecule is OP(O)(O)=S.[Zn]. The molecular formula is H3O3PSZn. The molecule has 0 fully saturated rings. The Hall–Kier alpha value is 1.15. The van der Waals surface area contributed by atoms with Crippen LogP contribution in [0.25, 0.3) is 0 Å². The zero-order chi connectivity index (χ0) is 4.50. The molecule has 0 amide bonds. The quantitative estimate of drug-likeness (QED) is 0.336. The largest absolute Gasteiger partial charge is 0.325 e. The Morgan fingerprint density at radius 2 is 1.17 bits per heavy atom. The third kappa shape index (κ3) is 66.8. The van der Waals surface area contributed by atoms with Gasteiger partial charge in [0.2, 0.25) is 0 Å². The first-order valence-electron chi connectivity index (χ1n) is 0.783. The van der Waals surface area contributed by atoms with Gasteiger partial charge < -0.3 is 14.7 Å². The Morgan fingerprint density at radius 3 is 1.17 bits per heavy atom. The van der Waals surface area contributed by atoms with E-state index in [-0.39, 0.29) is 19.5 Å². The summed E-state index contributed by atoms with van der Waals surface area (Å²) >= 11 is 3.60. The van der Waals surface area contributed by atoms with Crippen molar-refractivity contribution < 1.29 is 34.2 Å². The molecular weight excluding hydrogens is 176 g/mol. The van der Waals surface area contributed by atoms with E-state index in [1.165, 1.54) is 0 Å². The van der Waals surface area contributed by atoms with Gasteiger partial charge in [-0.2, -0.15) is 0 Å². The van der Waals surface area contributed by atoms with E-state index in [0.717, 1.165) is 0 Å². The monoisotopic (exact) mass is 178 g/mol. The summed E-state index contributed by atoms with van der Waals surface area (Å²) in [6, 6.07) is 0. The van der Waals surface area contributed by atoms with Gasteiger partial charge >= 0.3 is 6.72 Å². The molecule has 0 aliphatic rings. The second kappa shape index (κ2) is 3.19. The Labute approximate surface area is 53.0 Å². The summed E-state index contributed by atoms with van der Waals surface area (Å²) in [4.78, 5) is 22.7. The first-order valence-corrected chi connectivity index (χ1v) is 3.44. The van der Waals surface area contributed by atoms with E-state index in [2.05, 4.69) is 11.8 Å². The average molecular weight is 179 g/mol. The third-order valence-electron chi connectivity index (χ3n) is 0. The van der Waals surface area contributed by atoms with Crippen molar-refractivity contribution in [2.75, 3.05) is 0 Å². The summed E-state index contributed by atoms with van der Waals surface area (Å²) < 4.78 is 0. The summed E-state index contributed by atoms with van der Waals surface area (Å²) in [5.74, 6) is 0. The minimum atomic E-state index is -3.81. The van der Waals surface area contributed by atoms with E-state index < -0.39 is 6.72 Å².